The van der Waals surface area contributed by atoms with Crippen molar-refractivity contribution in [2.24, 2.45) is 0 Å². The Labute approximate surface area is 190 Å². The molecule has 1 aromatic carbocycles. The molecule has 32 heavy (non-hydrogen) atoms. The van der Waals surface area contributed by atoms with Crippen molar-refractivity contribution in [1.29, 1.82) is 0 Å². The molecule has 1 aromatic heterocycles. The fourth-order valence-corrected chi connectivity index (χ4v) is 3.58. The van der Waals surface area contributed by atoms with Crippen LogP contribution in [-0.2, 0) is 6.54 Å². The highest BCUT2D eigenvalue weighted by atomic mass is 16.5. The van der Waals surface area contributed by atoms with Crippen LogP contribution in [0.3, 0.4) is 0 Å². The van der Waals surface area contributed by atoms with E-state index in [4.69, 9.17) is 9.15 Å². The molecule has 0 aliphatic carbocycles. The number of benzene rings is 1. The zero-order valence-electron chi connectivity index (χ0n) is 19.5. The van der Waals surface area contributed by atoms with Gasteiger partial charge in [-0.2, -0.15) is 0 Å². The highest BCUT2D eigenvalue weighted by Crippen LogP contribution is 2.16. The molecule has 1 aliphatic heterocycles. The Kier molecular flexibility index (Phi) is 8.63. The summed E-state index contributed by atoms with van der Waals surface area (Å²) in [5, 5.41) is 13.1. The number of methoxy groups -OCH3 is 1. The predicted octanol–water partition coefficient (Wildman–Crippen LogP) is 1.75. The molecule has 0 saturated carbocycles. The van der Waals surface area contributed by atoms with E-state index < -0.39 is 0 Å². The van der Waals surface area contributed by atoms with Crippen LogP contribution in [-0.4, -0.2) is 96.3 Å². The van der Waals surface area contributed by atoms with Gasteiger partial charge >= 0.3 is 0 Å². The normalized spacial score (nSPS) is 16.5. The topological polar surface area (TPSA) is 94.3 Å². The summed E-state index contributed by atoms with van der Waals surface area (Å²) in [5.41, 5.74) is 0.921. The number of hydrogen-bond donors (Lipinski definition) is 2. The number of anilines is 1. The molecule has 1 saturated heterocycles. The van der Waals surface area contributed by atoms with E-state index in [1.54, 1.807) is 31.4 Å². The van der Waals surface area contributed by atoms with E-state index in [-0.39, 0.29) is 17.7 Å². The van der Waals surface area contributed by atoms with Gasteiger partial charge in [0.2, 0.25) is 5.89 Å². The van der Waals surface area contributed by atoms with Gasteiger partial charge in [-0.05, 0) is 45.2 Å². The molecule has 1 amide bonds. The molecule has 2 heterocycles. The maximum absolute atomic E-state index is 12.4. The van der Waals surface area contributed by atoms with E-state index in [1.807, 2.05) is 7.05 Å². The molecule has 9 nitrogen and oxygen atoms in total. The number of ether oxygens (including phenoxy) is 1. The molecule has 1 atom stereocenters. The van der Waals surface area contributed by atoms with Gasteiger partial charge in [0.1, 0.15) is 12.0 Å². The largest absolute Gasteiger partial charge is 0.497 e. The standard InChI is InChI=1S/C23H35N5O4/c1-17(2)26(3)13-19(29)14-27-9-11-28(12-10-27)15-22-25-21(16-32-22)23(30)24-18-5-7-20(31-4)8-6-18/h5-8,16-17,19,29H,9-15H2,1-4H3,(H,24,30)/t19-/m1/s1. The van der Waals surface area contributed by atoms with Crippen LogP contribution < -0.4 is 10.1 Å². The Bertz CT molecular complexity index is 846. The lowest BCUT2D eigenvalue weighted by molar-refractivity contribution is 0.0469. The van der Waals surface area contributed by atoms with Crippen LogP contribution in [0.5, 0.6) is 5.75 Å². The van der Waals surface area contributed by atoms with Crippen molar-refractivity contribution in [2.75, 3.05) is 58.7 Å². The molecule has 0 spiro atoms. The first kappa shape index (κ1) is 24.2. The minimum absolute atomic E-state index is 0.256. The first-order valence-corrected chi connectivity index (χ1v) is 11.1. The summed E-state index contributed by atoms with van der Waals surface area (Å²) in [6.07, 6.45) is 1.04. The smallest absolute Gasteiger partial charge is 0.277 e. The Balaban J connectivity index is 1.42. The van der Waals surface area contributed by atoms with Crippen LogP contribution in [0, 0.1) is 0 Å². The van der Waals surface area contributed by atoms with E-state index in [9.17, 15) is 9.90 Å². The minimum Gasteiger partial charge on any atom is -0.497 e. The van der Waals surface area contributed by atoms with Crippen molar-refractivity contribution in [3.05, 3.63) is 42.1 Å². The number of aromatic nitrogens is 1. The summed E-state index contributed by atoms with van der Waals surface area (Å²) in [5.74, 6) is 0.941. The highest BCUT2D eigenvalue weighted by Gasteiger charge is 2.22. The summed E-state index contributed by atoms with van der Waals surface area (Å²) < 4.78 is 10.6. The van der Waals surface area contributed by atoms with Crippen molar-refractivity contribution in [2.45, 2.75) is 32.5 Å². The van der Waals surface area contributed by atoms with Crippen LogP contribution in [0.2, 0.25) is 0 Å². The van der Waals surface area contributed by atoms with Crippen LogP contribution in [0.1, 0.15) is 30.2 Å². The number of amides is 1. The summed E-state index contributed by atoms with van der Waals surface area (Å²) in [7, 11) is 3.63. The molecule has 0 unspecified atom stereocenters. The third-order valence-corrected chi connectivity index (χ3v) is 5.81. The number of hydrogen-bond acceptors (Lipinski definition) is 8. The van der Waals surface area contributed by atoms with Crippen molar-refractivity contribution >= 4 is 11.6 Å². The molecule has 9 heteroatoms. The first-order valence-electron chi connectivity index (χ1n) is 11.1. The quantitative estimate of drug-likeness (QED) is 0.571. The highest BCUT2D eigenvalue weighted by molar-refractivity contribution is 6.02. The Morgan fingerprint density at radius 1 is 1.22 bits per heavy atom. The average Bonchev–Trinajstić information content (AvgIpc) is 3.24. The Hall–Kier alpha value is -2.46. The molecule has 2 aromatic rings. The third-order valence-electron chi connectivity index (χ3n) is 5.81. The molecule has 176 valence electrons. The second-order valence-electron chi connectivity index (χ2n) is 8.57. The number of piperazine rings is 1. The number of rotatable bonds is 10. The average molecular weight is 446 g/mol. The number of carbonyl (C=O) groups is 1. The molecule has 1 fully saturated rings. The Morgan fingerprint density at radius 3 is 2.50 bits per heavy atom. The lowest BCUT2D eigenvalue weighted by Crippen LogP contribution is -2.49. The van der Waals surface area contributed by atoms with Gasteiger partial charge in [-0.25, -0.2) is 4.98 Å². The lowest BCUT2D eigenvalue weighted by Gasteiger charge is -2.35. The molecule has 1 aliphatic rings. The number of aliphatic hydroxyl groups excluding tert-OH is 1. The van der Waals surface area contributed by atoms with Gasteiger partial charge in [0.05, 0.1) is 19.8 Å². The van der Waals surface area contributed by atoms with Gasteiger partial charge in [-0.1, -0.05) is 0 Å². The van der Waals surface area contributed by atoms with Crippen LogP contribution in [0.25, 0.3) is 0 Å². The lowest BCUT2D eigenvalue weighted by atomic mass is 10.2. The molecular weight excluding hydrogens is 410 g/mol. The SMILES string of the molecule is COc1ccc(NC(=O)c2coc(CN3CCN(C[C@H](O)CN(C)C(C)C)CC3)n2)cc1. The summed E-state index contributed by atoms with van der Waals surface area (Å²) in [4.78, 5) is 23.5. The van der Waals surface area contributed by atoms with Gasteiger partial charge in [0.25, 0.3) is 5.91 Å². The summed E-state index contributed by atoms with van der Waals surface area (Å²) in [6, 6.07) is 7.53. The molecule has 0 radical (unpaired) electrons. The van der Waals surface area contributed by atoms with Gasteiger partial charge < -0.3 is 24.5 Å². The number of aliphatic hydroxyl groups is 1. The van der Waals surface area contributed by atoms with Crippen molar-refractivity contribution < 1.29 is 19.1 Å². The fourth-order valence-electron chi connectivity index (χ4n) is 3.58. The van der Waals surface area contributed by atoms with Crippen LogP contribution >= 0.6 is 0 Å². The van der Waals surface area contributed by atoms with Crippen molar-refractivity contribution in [1.82, 2.24) is 19.7 Å². The molecule has 2 N–H and O–H groups in total. The number of carbonyl (C=O) groups excluding carboxylic acids is 1. The van der Waals surface area contributed by atoms with Crippen LogP contribution in [0.15, 0.2) is 34.9 Å². The number of nitrogens with one attached hydrogen (secondary N) is 1. The molecule has 3 rings (SSSR count). The number of likely N-dealkylation sites (N-methyl/N-ethyl adjacent to an activating group) is 1. The fraction of sp³-hybridized carbons (Fsp3) is 0.565. The summed E-state index contributed by atoms with van der Waals surface area (Å²) in [6.45, 7) is 9.66. The first-order chi connectivity index (χ1) is 15.3. The minimum atomic E-state index is -0.354. The second-order valence-corrected chi connectivity index (χ2v) is 8.57. The predicted molar refractivity (Wildman–Crippen MR) is 123 cm³/mol. The van der Waals surface area contributed by atoms with Gasteiger partial charge in [-0.3, -0.25) is 14.6 Å². The number of β-amino-alcohol motifs (C(OH)–C–C–N with tert-alkyl or cyclic N) is 1. The number of oxazole rings is 1. The van der Waals surface area contributed by atoms with E-state index in [0.29, 0.717) is 37.3 Å². The maximum atomic E-state index is 12.4. The number of nitrogens with zero attached hydrogens (tertiary/aromatic N) is 4. The molecule has 0 bridgehead atoms. The molecular formula is C23H35N5O4. The van der Waals surface area contributed by atoms with Crippen molar-refractivity contribution in [3.8, 4) is 5.75 Å². The van der Waals surface area contributed by atoms with Gasteiger partial charge in [0.15, 0.2) is 5.69 Å². The second kappa shape index (κ2) is 11.4. The monoisotopic (exact) mass is 445 g/mol. The Morgan fingerprint density at radius 2 is 1.88 bits per heavy atom. The van der Waals surface area contributed by atoms with E-state index in [0.717, 1.165) is 31.9 Å². The summed E-state index contributed by atoms with van der Waals surface area (Å²) >= 11 is 0. The van der Waals surface area contributed by atoms with Crippen LogP contribution in [0.4, 0.5) is 5.69 Å². The van der Waals surface area contributed by atoms with E-state index >= 15 is 0 Å². The zero-order chi connectivity index (χ0) is 23.1. The van der Waals surface area contributed by atoms with Crippen molar-refractivity contribution in [3.63, 3.8) is 0 Å². The van der Waals surface area contributed by atoms with Gasteiger partial charge in [0, 0.05) is 51.0 Å². The maximum Gasteiger partial charge on any atom is 0.277 e. The van der Waals surface area contributed by atoms with E-state index in [2.05, 4.69) is 38.8 Å². The zero-order valence-corrected chi connectivity index (χ0v) is 19.5. The third kappa shape index (κ3) is 7.03. The van der Waals surface area contributed by atoms with Gasteiger partial charge in [-0.15, -0.1) is 0 Å². The van der Waals surface area contributed by atoms with E-state index in [1.165, 1.54) is 6.26 Å².